The number of rotatable bonds is 4. The van der Waals surface area contributed by atoms with Crippen molar-refractivity contribution in [3.05, 3.63) is 29.5 Å². The molecule has 2 aromatic rings. The van der Waals surface area contributed by atoms with Crippen LogP contribution < -0.4 is 19.9 Å². The van der Waals surface area contributed by atoms with Crippen LogP contribution >= 0.6 is 0 Å². The molecule has 0 saturated heterocycles. The van der Waals surface area contributed by atoms with Crippen LogP contribution in [0.3, 0.4) is 0 Å². The molecule has 5 rings (SSSR count). The fourth-order valence-electron chi connectivity index (χ4n) is 4.85. The zero-order chi connectivity index (χ0) is 19.1. The molecular weight excluding hydrogens is 350 g/mol. The minimum Gasteiger partial charge on any atom is -0.497 e. The van der Waals surface area contributed by atoms with E-state index >= 15 is 0 Å². The van der Waals surface area contributed by atoms with Gasteiger partial charge in [0.25, 0.3) is 0 Å². The predicted molar refractivity (Wildman–Crippen MR) is 113 cm³/mol. The highest BCUT2D eigenvalue weighted by atomic mass is 16.5. The number of methoxy groups -OCH3 is 1. The molecule has 28 heavy (non-hydrogen) atoms. The molecule has 3 heterocycles. The second-order valence-corrected chi connectivity index (χ2v) is 8.24. The Balaban J connectivity index is 1.51. The van der Waals surface area contributed by atoms with Gasteiger partial charge in [0.15, 0.2) is 5.82 Å². The molecule has 0 unspecified atom stereocenters. The van der Waals surface area contributed by atoms with Crippen LogP contribution in [0.5, 0.6) is 5.75 Å². The normalized spacial score (nSPS) is 18.9. The van der Waals surface area contributed by atoms with Gasteiger partial charge in [0.1, 0.15) is 11.4 Å². The molecule has 1 aromatic heterocycles. The first-order chi connectivity index (χ1) is 13.7. The molecule has 0 spiro atoms. The summed E-state index contributed by atoms with van der Waals surface area (Å²) in [5.41, 5.74) is 4.63. The van der Waals surface area contributed by atoms with Crippen LogP contribution in [0, 0.1) is 6.92 Å². The molecule has 1 aliphatic carbocycles. The standard InChI is InChI=1S/C22H29N5O/c1-15-10-11-17(28-2)13-19(15)24-22-23-18-9-6-12-26-14-27(21(25-22)20(18)26)16-7-4-3-5-8-16/h10-11,13,16H,3-9,12,14H2,1-2H3,(H,23,24,25). The Morgan fingerprint density at radius 3 is 2.79 bits per heavy atom. The quantitative estimate of drug-likeness (QED) is 0.850. The predicted octanol–water partition coefficient (Wildman–Crippen LogP) is 4.40. The van der Waals surface area contributed by atoms with Crippen LogP contribution in [0.4, 0.5) is 23.1 Å². The van der Waals surface area contributed by atoms with E-state index in [9.17, 15) is 0 Å². The SMILES string of the molecule is COc1ccc(C)c(Nc2nc3c4c(n2)N(C2CCCCC2)CN4CCC3)c1. The molecule has 1 N–H and O–H groups in total. The summed E-state index contributed by atoms with van der Waals surface area (Å²) in [6, 6.07) is 6.68. The molecule has 2 aliphatic heterocycles. The van der Waals surface area contributed by atoms with Gasteiger partial charge < -0.3 is 19.9 Å². The summed E-state index contributed by atoms with van der Waals surface area (Å²) >= 11 is 0. The molecule has 6 heteroatoms. The molecule has 0 bridgehead atoms. The summed E-state index contributed by atoms with van der Waals surface area (Å²) in [6.07, 6.45) is 8.81. The summed E-state index contributed by atoms with van der Waals surface area (Å²) in [5, 5.41) is 3.47. The van der Waals surface area contributed by atoms with Crippen LogP contribution in [-0.4, -0.2) is 36.3 Å². The first-order valence-electron chi connectivity index (χ1n) is 10.6. The molecule has 1 aromatic carbocycles. The van der Waals surface area contributed by atoms with E-state index in [-0.39, 0.29) is 0 Å². The van der Waals surface area contributed by atoms with Crippen molar-refractivity contribution in [2.75, 3.05) is 35.4 Å². The number of benzene rings is 1. The van der Waals surface area contributed by atoms with Gasteiger partial charge in [-0.3, -0.25) is 0 Å². The maximum atomic E-state index is 5.39. The van der Waals surface area contributed by atoms with Crippen molar-refractivity contribution in [1.82, 2.24) is 9.97 Å². The topological polar surface area (TPSA) is 53.5 Å². The highest BCUT2D eigenvalue weighted by Crippen LogP contribution is 2.43. The third kappa shape index (κ3) is 3.05. The van der Waals surface area contributed by atoms with E-state index in [4.69, 9.17) is 14.7 Å². The van der Waals surface area contributed by atoms with Crippen molar-refractivity contribution in [3.63, 3.8) is 0 Å². The number of hydrogen-bond acceptors (Lipinski definition) is 6. The first-order valence-corrected chi connectivity index (χ1v) is 10.6. The number of hydrogen-bond donors (Lipinski definition) is 1. The monoisotopic (exact) mass is 379 g/mol. The molecule has 0 atom stereocenters. The average molecular weight is 380 g/mol. The van der Waals surface area contributed by atoms with Gasteiger partial charge >= 0.3 is 0 Å². The van der Waals surface area contributed by atoms with Crippen molar-refractivity contribution in [2.45, 2.75) is 57.9 Å². The lowest BCUT2D eigenvalue weighted by Gasteiger charge is -2.32. The molecule has 0 radical (unpaired) electrons. The minimum atomic E-state index is 0.616. The number of anilines is 4. The Bertz CT molecular complexity index is 877. The molecule has 0 amide bonds. The number of ether oxygens (including phenoxy) is 1. The van der Waals surface area contributed by atoms with Gasteiger partial charge in [0.2, 0.25) is 5.95 Å². The third-order valence-electron chi connectivity index (χ3n) is 6.40. The molecule has 1 fully saturated rings. The number of aryl methyl sites for hydroxylation is 2. The molecule has 1 saturated carbocycles. The fourth-order valence-corrected chi connectivity index (χ4v) is 4.85. The molecular formula is C22H29N5O. The van der Waals surface area contributed by atoms with Gasteiger partial charge in [0.05, 0.1) is 19.5 Å². The second kappa shape index (κ2) is 7.15. The fraction of sp³-hybridized carbons (Fsp3) is 0.545. The van der Waals surface area contributed by atoms with Gasteiger partial charge in [-0.1, -0.05) is 25.3 Å². The van der Waals surface area contributed by atoms with Crippen LogP contribution in [0.1, 0.15) is 49.8 Å². The van der Waals surface area contributed by atoms with Crippen LogP contribution in [0.2, 0.25) is 0 Å². The van der Waals surface area contributed by atoms with E-state index in [0.29, 0.717) is 12.0 Å². The Morgan fingerprint density at radius 2 is 1.96 bits per heavy atom. The van der Waals surface area contributed by atoms with Crippen molar-refractivity contribution < 1.29 is 4.74 Å². The Morgan fingerprint density at radius 1 is 1.11 bits per heavy atom. The zero-order valence-electron chi connectivity index (χ0n) is 16.9. The Kier molecular flexibility index (Phi) is 4.49. The van der Waals surface area contributed by atoms with Crippen molar-refractivity contribution in [3.8, 4) is 5.75 Å². The summed E-state index contributed by atoms with van der Waals surface area (Å²) in [5.74, 6) is 2.68. The zero-order valence-corrected chi connectivity index (χ0v) is 16.9. The lowest BCUT2D eigenvalue weighted by Crippen LogP contribution is -2.40. The van der Waals surface area contributed by atoms with E-state index < -0.39 is 0 Å². The summed E-state index contributed by atoms with van der Waals surface area (Å²) < 4.78 is 5.39. The van der Waals surface area contributed by atoms with Crippen LogP contribution in [0.25, 0.3) is 0 Å². The lowest BCUT2D eigenvalue weighted by molar-refractivity contribution is 0.415. The van der Waals surface area contributed by atoms with E-state index in [0.717, 1.165) is 42.5 Å². The van der Waals surface area contributed by atoms with E-state index in [1.807, 2.05) is 12.1 Å². The van der Waals surface area contributed by atoms with E-state index in [1.54, 1.807) is 7.11 Å². The largest absolute Gasteiger partial charge is 0.497 e. The van der Waals surface area contributed by atoms with Crippen molar-refractivity contribution in [1.29, 1.82) is 0 Å². The van der Waals surface area contributed by atoms with E-state index in [1.165, 1.54) is 49.9 Å². The number of nitrogens with one attached hydrogen (secondary N) is 1. The van der Waals surface area contributed by atoms with Gasteiger partial charge in [-0.25, -0.2) is 4.98 Å². The number of nitrogens with zero attached hydrogens (tertiary/aromatic N) is 4. The summed E-state index contributed by atoms with van der Waals surface area (Å²) in [6.45, 7) is 4.19. The number of aromatic nitrogens is 2. The van der Waals surface area contributed by atoms with Gasteiger partial charge in [-0.15, -0.1) is 0 Å². The second-order valence-electron chi connectivity index (χ2n) is 8.24. The minimum absolute atomic E-state index is 0.616. The van der Waals surface area contributed by atoms with E-state index in [2.05, 4.69) is 28.1 Å². The van der Waals surface area contributed by atoms with Crippen LogP contribution in [-0.2, 0) is 6.42 Å². The molecule has 6 nitrogen and oxygen atoms in total. The first kappa shape index (κ1) is 17.6. The van der Waals surface area contributed by atoms with Gasteiger partial charge in [-0.2, -0.15) is 4.98 Å². The molecule has 3 aliphatic rings. The average Bonchev–Trinajstić information content (AvgIpc) is 3.10. The molecule has 148 valence electrons. The highest BCUT2D eigenvalue weighted by molar-refractivity contribution is 5.78. The lowest BCUT2D eigenvalue weighted by atomic mass is 9.94. The summed E-state index contributed by atoms with van der Waals surface area (Å²) in [7, 11) is 1.70. The van der Waals surface area contributed by atoms with Crippen molar-refractivity contribution in [2.24, 2.45) is 0 Å². The highest BCUT2D eigenvalue weighted by Gasteiger charge is 2.37. The third-order valence-corrected chi connectivity index (χ3v) is 6.40. The van der Waals surface area contributed by atoms with Gasteiger partial charge in [0, 0.05) is 24.3 Å². The van der Waals surface area contributed by atoms with Crippen molar-refractivity contribution >= 4 is 23.1 Å². The van der Waals surface area contributed by atoms with Gasteiger partial charge in [-0.05, 0) is 44.2 Å². The maximum absolute atomic E-state index is 5.39. The Labute approximate surface area is 166 Å². The summed E-state index contributed by atoms with van der Waals surface area (Å²) in [4.78, 5) is 15.0. The smallest absolute Gasteiger partial charge is 0.229 e. The maximum Gasteiger partial charge on any atom is 0.229 e. The Hall–Kier alpha value is -2.50. The van der Waals surface area contributed by atoms with Crippen LogP contribution in [0.15, 0.2) is 18.2 Å².